The van der Waals surface area contributed by atoms with Crippen LogP contribution in [0.15, 0.2) is 54.6 Å². The lowest BCUT2D eigenvalue weighted by molar-refractivity contribution is -0.136. The van der Waals surface area contributed by atoms with Crippen LogP contribution < -0.4 is 0 Å². The van der Waals surface area contributed by atoms with E-state index in [1.807, 2.05) is 61.6 Å². The van der Waals surface area contributed by atoms with Gasteiger partial charge in [0.2, 0.25) is 5.91 Å². The number of nitrogens with zero attached hydrogens (tertiary/aromatic N) is 2. The molecule has 0 aromatic heterocycles. The summed E-state index contributed by atoms with van der Waals surface area (Å²) < 4.78 is 0. The molecule has 0 bridgehead atoms. The van der Waals surface area contributed by atoms with E-state index < -0.39 is 6.04 Å². The Bertz CT molecular complexity index is 786. The van der Waals surface area contributed by atoms with Gasteiger partial charge in [0.15, 0.2) is 0 Å². The largest absolute Gasteiger partial charge is 0.340 e. The van der Waals surface area contributed by atoms with Gasteiger partial charge in [-0.1, -0.05) is 62.4 Å². The second-order valence-corrected chi connectivity index (χ2v) is 7.42. The van der Waals surface area contributed by atoms with Crippen LogP contribution in [0.4, 0.5) is 0 Å². The fourth-order valence-electron chi connectivity index (χ4n) is 3.53. The van der Waals surface area contributed by atoms with Crippen molar-refractivity contribution in [1.82, 2.24) is 9.80 Å². The number of amides is 2. The summed E-state index contributed by atoms with van der Waals surface area (Å²) >= 11 is 0. The number of hydrogen-bond acceptors (Lipinski definition) is 2. The van der Waals surface area contributed by atoms with Crippen LogP contribution in [-0.2, 0) is 17.9 Å². The molecule has 0 aliphatic carbocycles. The van der Waals surface area contributed by atoms with Gasteiger partial charge in [-0.25, -0.2) is 0 Å². The van der Waals surface area contributed by atoms with E-state index in [9.17, 15) is 9.59 Å². The van der Waals surface area contributed by atoms with Crippen LogP contribution in [0.3, 0.4) is 0 Å². The molecule has 1 heterocycles. The van der Waals surface area contributed by atoms with E-state index in [2.05, 4.69) is 13.8 Å². The highest BCUT2D eigenvalue weighted by Gasteiger charge is 2.37. The lowest BCUT2D eigenvalue weighted by Gasteiger charge is -2.31. The normalized spacial score (nSPS) is 14.5. The van der Waals surface area contributed by atoms with E-state index in [1.165, 1.54) is 0 Å². The maximum Gasteiger partial charge on any atom is 0.255 e. The van der Waals surface area contributed by atoms with Gasteiger partial charge < -0.3 is 9.80 Å². The molecule has 0 fully saturated rings. The molecule has 0 saturated carbocycles. The van der Waals surface area contributed by atoms with Gasteiger partial charge >= 0.3 is 0 Å². The maximum absolute atomic E-state index is 13.2. The molecule has 1 aliphatic rings. The summed E-state index contributed by atoms with van der Waals surface area (Å²) in [6.45, 7) is 5.23. The van der Waals surface area contributed by atoms with E-state index in [-0.39, 0.29) is 11.8 Å². The standard InChI is InChI=1S/C22H26N2O2/c1-16(2)13-20(22(26)23(3)14-17-9-5-4-6-10-17)24-15-18-11-7-8-12-19(18)21(24)25/h4-12,16,20H,13-15H2,1-3H3/t20-/m1/s1. The molecule has 2 amide bonds. The second-order valence-electron chi connectivity index (χ2n) is 7.42. The Hall–Kier alpha value is -2.62. The molecule has 1 atom stereocenters. The molecule has 0 radical (unpaired) electrons. The lowest BCUT2D eigenvalue weighted by atomic mass is 10.0. The molecule has 0 N–H and O–H groups in total. The van der Waals surface area contributed by atoms with Crippen molar-refractivity contribution in [2.45, 2.75) is 39.4 Å². The molecule has 136 valence electrons. The monoisotopic (exact) mass is 350 g/mol. The van der Waals surface area contributed by atoms with Crippen molar-refractivity contribution >= 4 is 11.8 Å². The maximum atomic E-state index is 13.2. The molecule has 0 spiro atoms. The average molecular weight is 350 g/mol. The summed E-state index contributed by atoms with van der Waals surface area (Å²) in [6, 6.07) is 17.1. The van der Waals surface area contributed by atoms with Gasteiger partial charge in [0.1, 0.15) is 6.04 Å². The third-order valence-electron chi connectivity index (χ3n) is 4.84. The zero-order chi connectivity index (χ0) is 18.7. The molecule has 4 heteroatoms. The molecule has 2 aromatic rings. The summed E-state index contributed by atoms with van der Waals surface area (Å²) in [5.74, 6) is 0.294. The molecule has 4 nitrogen and oxygen atoms in total. The van der Waals surface area contributed by atoms with E-state index in [0.29, 0.717) is 25.4 Å². The van der Waals surface area contributed by atoms with E-state index in [0.717, 1.165) is 16.7 Å². The summed E-state index contributed by atoms with van der Waals surface area (Å²) in [5.41, 5.74) is 2.81. The van der Waals surface area contributed by atoms with Crippen LogP contribution in [0.2, 0.25) is 0 Å². The average Bonchev–Trinajstić information content (AvgIpc) is 2.97. The van der Waals surface area contributed by atoms with E-state index in [4.69, 9.17) is 0 Å². The molecule has 26 heavy (non-hydrogen) atoms. The number of likely N-dealkylation sites (N-methyl/N-ethyl adjacent to an activating group) is 1. The Balaban J connectivity index is 1.80. The van der Waals surface area contributed by atoms with Crippen molar-refractivity contribution < 1.29 is 9.59 Å². The number of carbonyl (C=O) groups is 2. The van der Waals surface area contributed by atoms with Crippen LogP contribution in [0.25, 0.3) is 0 Å². The van der Waals surface area contributed by atoms with Crippen molar-refractivity contribution in [3.05, 3.63) is 71.3 Å². The predicted molar refractivity (Wildman–Crippen MR) is 102 cm³/mol. The molecule has 0 saturated heterocycles. The number of hydrogen-bond donors (Lipinski definition) is 0. The quantitative estimate of drug-likeness (QED) is 0.797. The molecular formula is C22H26N2O2. The van der Waals surface area contributed by atoms with Crippen molar-refractivity contribution in [2.24, 2.45) is 5.92 Å². The number of carbonyl (C=O) groups excluding carboxylic acids is 2. The van der Waals surface area contributed by atoms with E-state index >= 15 is 0 Å². The van der Waals surface area contributed by atoms with Crippen LogP contribution in [0.1, 0.15) is 41.8 Å². The fraction of sp³-hybridized carbons (Fsp3) is 0.364. The fourth-order valence-corrected chi connectivity index (χ4v) is 3.53. The third kappa shape index (κ3) is 3.79. The minimum Gasteiger partial charge on any atom is -0.340 e. The van der Waals surface area contributed by atoms with Crippen molar-refractivity contribution in [3.8, 4) is 0 Å². The van der Waals surface area contributed by atoms with Crippen molar-refractivity contribution in [1.29, 1.82) is 0 Å². The topological polar surface area (TPSA) is 40.6 Å². The predicted octanol–water partition coefficient (Wildman–Crippen LogP) is 3.72. The first-order valence-electron chi connectivity index (χ1n) is 9.15. The first kappa shape index (κ1) is 18.2. The highest BCUT2D eigenvalue weighted by atomic mass is 16.2. The number of benzene rings is 2. The summed E-state index contributed by atoms with van der Waals surface area (Å²) in [5, 5.41) is 0. The zero-order valence-corrected chi connectivity index (χ0v) is 15.7. The molecular weight excluding hydrogens is 324 g/mol. The lowest BCUT2D eigenvalue weighted by Crippen LogP contribution is -2.48. The second kappa shape index (κ2) is 7.73. The minimum absolute atomic E-state index is 0.00343. The summed E-state index contributed by atoms with van der Waals surface area (Å²) in [7, 11) is 1.82. The first-order chi connectivity index (χ1) is 12.5. The molecule has 1 aliphatic heterocycles. The van der Waals surface area contributed by atoms with Gasteiger partial charge in [-0.2, -0.15) is 0 Å². The van der Waals surface area contributed by atoms with Gasteiger partial charge in [0, 0.05) is 25.7 Å². The molecule has 2 aromatic carbocycles. The highest BCUT2D eigenvalue weighted by molar-refractivity contribution is 6.01. The number of fused-ring (bicyclic) bond motifs is 1. The van der Waals surface area contributed by atoms with Crippen LogP contribution >= 0.6 is 0 Å². The zero-order valence-electron chi connectivity index (χ0n) is 15.7. The Morgan fingerprint density at radius 1 is 1.08 bits per heavy atom. The Kier molecular flexibility index (Phi) is 5.40. The van der Waals surface area contributed by atoms with E-state index in [1.54, 1.807) is 9.80 Å². The first-order valence-corrected chi connectivity index (χ1v) is 9.15. The minimum atomic E-state index is -0.427. The summed E-state index contributed by atoms with van der Waals surface area (Å²) in [6.07, 6.45) is 0.664. The smallest absolute Gasteiger partial charge is 0.255 e. The molecule has 3 rings (SSSR count). The van der Waals surface area contributed by atoms with Gasteiger partial charge in [-0.15, -0.1) is 0 Å². The van der Waals surface area contributed by atoms with Gasteiger partial charge in [0.25, 0.3) is 5.91 Å². The SMILES string of the molecule is CC(C)C[C@H](C(=O)N(C)Cc1ccccc1)N1Cc2ccccc2C1=O. The van der Waals surface area contributed by atoms with Crippen LogP contribution in [0, 0.1) is 5.92 Å². The van der Waals surface area contributed by atoms with Gasteiger partial charge in [-0.3, -0.25) is 9.59 Å². The summed E-state index contributed by atoms with van der Waals surface area (Å²) in [4.78, 5) is 29.5. The van der Waals surface area contributed by atoms with Crippen molar-refractivity contribution in [3.63, 3.8) is 0 Å². The number of rotatable bonds is 6. The Morgan fingerprint density at radius 3 is 2.38 bits per heavy atom. The van der Waals surface area contributed by atoms with Crippen LogP contribution in [0.5, 0.6) is 0 Å². The van der Waals surface area contributed by atoms with Crippen LogP contribution in [-0.4, -0.2) is 34.7 Å². The highest BCUT2D eigenvalue weighted by Crippen LogP contribution is 2.27. The van der Waals surface area contributed by atoms with Gasteiger partial charge in [-0.05, 0) is 29.5 Å². The van der Waals surface area contributed by atoms with Crippen molar-refractivity contribution in [2.75, 3.05) is 7.05 Å². The van der Waals surface area contributed by atoms with Gasteiger partial charge in [0.05, 0.1) is 0 Å². The third-order valence-corrected chi connectivity index (χ3v) is 4.84. The Labute approximate surface area is 155 Å². The molecule has 0 unspecified atom stereocenters. The Morgan fingerprint density at radius 2 is 1.73 bits per heavy atom.